The van der Waals surface area contributed by atoms with E-state index in [0.717, 1.165) is 6.42 Å². The molecule has 1 nitrogen and oxygen atoms in total. The molecule has 2 rings (SSSR count). The van der Waals surface area contributed by atoms with Gasteiger partial charge in [0.25, 0.3) is 0 Å². The van der Waals surface area contributed by atoms with Gasteiger partial charge in [-0.05, 0) is 17.5 Å². The van der Waals surface area contributed by atoms with Crippen molar-refractivity contribution in [1.29, 1.82) is 0 Å². The van der Waals surface area contributed by atoms with Crippen LogP contribution in [0, 0.1) is 0 Å². The van der Waals surface area contributed by atoms with Crippen LogP contribution >= 0.6 is 12.4 Å². The first-order chi connectivity index (χ1) is 5.36. The molecule has 0 aromatic heterocycles. The second kappa shape index (κ2) is 3.74. The van der Waals surface area contributed by atoms with Crippen LogP contribution in [0.2, 0.25) is 0 Å². The predicted molar refractivity (Wildman–Crippen MR) is 54.4 cm³/mol. The Hall–Kier alpha value is -0.790. The van der Waals surface area contributed by atoms with Crippen LogP contribution < -0.4 is 5.73 Å². The van der Waals surface area contributed by atoms with Gasteiger partial charge < -0.3 is 5.73 Å². The quantitative estimate of drug-likeness (QED) is 0.651. The van der Waals surface area contributed by atoms with E-state index >= 15 is 0 Å². The third-order valence-electron chi connectivity index (χ3n) is 2.03. The third kappa shape index (κ3) is 1.68. The summed E-state index contributed by atoms with van der Waals surface area (Å²) < 4.78 is 0. The lowest BCUT2D eigenvalue weighted by Gasteiger charge is -2.14. The molecule has 0 bridgehead atoms. The molecule has 12 heavy (non-hydrogen) atoms. The second-order valence-corrected chi connectivity index (χ2v) is 2.93. The summed E-state index contributed by atoms with van der Waals surface area (Å²) in [5.41, 5.74) is 8.44. The van der Waals surface area contributed by atoms with Crippen molar-refractivity contribution in [3.8, 4) is 0 Å². The van der Waals surface area contributed by atoms with Gasteiger partial charge in [0.2, 0.25) is 0 Å². The summed E-state index contributed by atoms with van der Waals surface area (Å²) in [7, 11) is 0. The molecule has 0 spiro atoms. The Morgan fingerprint density at radius 2 is 2.00 bits per heavy atom. The standard InChI is InChI=1S/C10H11N.ClH/c11-10-6-5-8-3-1-2-4-9(8)7-10;/h1-6,10H,7,11H2;1H. The Morgan fingerprint density at radius 1 is 1.25 bits per heavy atom. The Kier molecular flexibility index (Phi) is 2.90. The highest BCUT2D eigenvalue weighted by Gasteiger charge is 2.07. The molecule has 0 radical (unpaired) electrons. The molecular formula is C10H12ClN. The molecule has 1 aromatic rings. The van der Waals surface area contributed by atoms with E-state index in [9.17, 15) is 0 Å². The van der Waals surface area contributed by atoms with Crippen molar-refractivity contribution in [1.82, 2.24) is 0 Å². The monoisotopic (exact) mass is 181 g/mol. The van der Waals surface area contributed by atoms with Crippen molar-refractivity contribution in [3.63, 3.8) is 0 Å². The van der Waals surface area contributed by atoms with Gasteiger partial charge in [-0.1, -0.05) is 36.4 Å². The topological polar surface area (TPSA) is 26.0 Å². The maximum absolute atomic E-state index is 5.76. The lowest BCUT2D eigenvalue weighted by molar-refractivity contribution is 0.802. The van der Waals surface area contributed by atoms with Gasteiger partial charge in [0.15, 0.2) is 0 Å². The Bertz CT molecular complexity index is 294. The normalized spacial score (nSPS) is 19.6. The number of benzene rings is 1. The van der Waals surface area contributed by atoms with Crippen molar-refractivity contribution >= 4 is 18.5 Å². The van der Waals surface area contributed by atoms with Crippen LogP contribution in [-0.4, -0.2) is 6.04 Å². The third-order valence-corrected chi connectivity index (χ3v) is 2.03. The Morgan fingerprint density at radius 3 is 2.83 bits per heavy atom. The zero-order valence-electron chi connectivity index (χ0n) is 6.73. The van der Waals surface area contributed by atoms with E-state index in [4.69, 9.17) is 5.73 Å². The van der Waals surface area contributed by atoms with Crippen LogP contribution in [-0.2, 0) is 6.42 Å². The molecule has 1 atom stereocenters. The summed E-state index contributed by atoms with van der Waals surface area (Å²) in [5.74, 6) is 0. The van der Waals surface area contributed by atoms with Gasteiger partial charge in [0.05, 0.1) is 0 Å². The number of fused-ring (bicyclic) bond motifs is 1. The number of hydrogen-bond donors (Lipinski definition) is 1. The zero-order chi connectivity index (χ0) is 7.68. The molecule has 64 valence electrons. The van der Waals surface area contributed by atoms with Gasteiger partial charge in [0.1, 0.15) is 0 Å². The molecule has 2 N–H and O–H groups in total. The van der Waals surface area contributed by atoms with Gasteiger partial charge in [0, 0.05) is 6.04 Å². The van der Waals surface area contributed by atoms with E-state index in [1.165, 1.54) is 11.1 Å². The summed E-state index contributed by atoms with van der Waals surface area (Å²) in [4.78, 5) is 0. The first kappa shape index (κ1) is 9.30. The highest BCUT2D eigenvalue weighted by molar-refractivity contribution is 5.85. The molecule has 0 fully saturated rings. The summed E-state index contributed by atoms with van der Waals surface area (Å²) in [5, 5.41) is 0. The molecule has 2 heteroatoms. The minimum absolute atomic E-state index is 0. The second-order valence-electron chi connectivity index (χ2n) is 2.93. The van der Waals surface area contributed by atoms with Crippen LogP contribution in [0.1, 0.15) is 11.1 Å². The van der Waals surface area contributed by atoms with Gasteiger partial charge in [-0.2, -0.15) is 0 Å². The van der Waals surface area contributed by atoms with Crippen molar-refractivity contribution in [2.24, 2.45) is 5.73 Å². The lowest BCUT2D eigenvalue weighted by Crippen LogP contribution is -2.22. The Labute approximate surface area is 78.7 Å². The first-order valence-electron chi connectivity index (χ1n) is 3.88. The fourth-order valence-electron chi connectivity index (χ4n) is 1.43. The van der Waals surface area contributed by atoms with Gasteiger partial charge in [-0.15, -0.1) is 12.4 Å². The molecule has 1 aliphatic rings. The smallest absolute Gasteiger partial charge is 0.0268 e. The molecule has 0 saturated heterocycles. The number of nitrogens with two attached hydrogens (primary N) is 1. The van der Waals surface area contributed by atoms with Crippen molar-refractivity contribution in [3.05, 3.63) is 41.5 Å². The highest BCUT2D eigenvalue weighted by atomic mass is 35.5. The van der Waals surface area contributed by atoms with Crippen LogP contribution in [0.25, 0.3) is 6.08 Å². The van der Waals surface area contributed by atoms with Crippen molar-refractivity contribution in [2.75, 3.05) is 0 Å². The molecule has 0 heterocycles. The van der Waals surface area contributed by atoms with E-state index in [0.29, 0.717) is 0 Å². The highest BCUT2D eigenvalue weighted by Crippen LogP contribution is 2.17. The van der Waals surface area contributed by atoms with Crippen molar-refractivity contribution < 1.29 is 0 Å². The summed E-state index contributed by atoms with van der Waals surface area (Å²) in [6.07, 6.45) is 5.14. The maximum atomic E-state index is 5.76. The average Bonchev–Trinajstić information content (AvgIpc) is 2.04. The largest absolute Gasteiger partial charge is 0.324 e. The van der Waals surface area contributed by atoms with E-state index in [2.05, 4.69) is 36.4 Å². The molecule has 0 amide bonds. The summed E-state index contributed by atoms with van der Waals surface area (Å²) in [6, 6.07) is 8.59. The number of hydrogen-bond acceptors (Lipinski definition) is 1. The molecule has 0 aliphatic heterocycles. The number of rotatable bonds is 0. The van der Waals surface area contributed by atoms with Gasteiger partial charge >= 0.3 is 0 Å². The molecule has 1 aliphatic carbocycles. The summed E-state index contributed by atoms with van der Waals surface area (Å²) in [6.45, 7) is 0. The van der Waals surface area contributed by atoms with Gasteiger partial charge in [-0.3, -0.25) is 0 Å². The predicted octanol–water partition coefficient (Wildman–Crippen LogP) is 2.00. The number of halogens is 1. The zero-order valence-corrected chi connectivity index (χ0v) is 7.55. The van der Waals surface area contributed by atoms with Crippen LogP contribution in [0.15, 0.2) is 30.3 Å². The molecular weight excluding hydrogens is 170 g/mol. The molecule has 1 aromatic carbocycles. The maximum Gasteiger partial charge on any atom is 0.0268 e. The average molecular weight is 182 g/mol. The Balaban J connectivity index is 0.000000720. The van der Waals surface area contributed by atoms with Crippen LogP contribution in [0.4, 0.5) is 0 Å². The van der Waals surface area contributed by atoms with E-state index in [1.54, 1.807) is 0 Å². The first-order valence-corrected chi connectivity index (χ1v) is 3.88. The molecule has 0 saturated carbocycles. The lowest BCUT2D eigenvalue weighted by atomic mass is 9.95. The van der Waals surface area contributed by atoms with Crippen molar-refractivity contribution in [2.45, 2.75) is 12.5 Å². The van der Waals surface area contributed by atoms with E-state index < -0.39 is 0 Å². The molecule has 1 unspecified atom stereocenters. The minimum atomic E-state index is 0. The fraction of sp³-hybridized carbons (Fsp3) is 0.200. The summed E-state index contributed by atoms with van der Waals surface area (Å²) >= 11 is 0. The van der Waals surface area contributed by atoms with Gasteiger partial charge in [-0.25, -0.2) is 0 Å². The fourth-order valence-corrected chi connectivity index (χ4v) is 1.43. The van der Waals surface area contributed by atoms with E-state index in [-0.39, 0.29) is 18.4 Å². The van der Waals surface area contributed by atoms with E-state index in [1.807, 2.05) is 0 Å². The van der Waals surface area contributed by atoms with Crippen LogP contribution in [0.3, 0.4) is 0 Å². The van der Waals surface area contributed by atoms with Crippen LogP contribution in [0.5, 0.6) is 0 Å². The minimum Gasteiger partial charge on any atom is -0.324 e. The SMILES string of the molecule is Cl.NC1C=Cc2ccccc2C1.